The third-order valence-electron chi connectivity index (χ3n) is 3.32. The minimum Gasteiger partial charge on any atom is -0.366 e. The van der Waals surface area contributed by atoms with Crippen LogP contribution in [0.25, 0.3) is 5.65 Å². The monoisotopic (exact) mass is 249 g/mol. The molecule has 1 N–H and O–H groups in total. The summed E-state index contributed by atoms with van der Waals surface area (Å²) in [7, 11) is 0. The van der Waals surface area contributed by atoms with Crippen LogP contribution in [0.15, 0.2) is 12.4 Å². The van der Waals surface area contributed by atoms with Crippen LogP contribution in [0.3, 0.4) is 0 Å². The minimum absolute atomic E-state index is 0.420. The summed E-state index contributed by atoms with van der Waals surface area (Å²) in [6, 6.07) is 0. The van der Waals surface area contributed by atoms with E-state index < -0.39 is 0 Å². The number of hydrogen-bond donors (Lipinski definition) is 1. The molecule has 1 fully saturated rings. The number of aromatic nitrogens is 4. The average molecular weight is 249 g/mol. The molecule has 0 amide bonds. The molecule has 2 aromatic rings. The Bertz CT molecular complexity index is 546. The summed E-state index contributed by atoms with van der Waals surface area (Å²) >= 11 is 1.93. The van der Waals surface area contributed by atoms with Gasteiger partial charge in [0.25, 0.3) is 0 Å². The van der Waals surface area contributed by atoms with Crippen molar-refractivity contribution >= 4 is 23.2 Å². The van der Waals surface area contributed by atoms with E-state index in [1.54, 1.807) is 6.20 Å². The van der Waals surface area contributed by atoms with Crippen molar-refractivity contribution in [2.45, 2.75) is 24.5 Å². The van der Waals surface area contributed by atoms with Crippen molar-refractivity contribution in [1.82, 2.24) is 19.6 Å². The normalized spacial score (nSPS) is 17.3. The zero-order valence-electron chi connectivity index (χ0n) is 9.97. The van der Waals surface area contributed by atoms with Gasteiger partial charge in [0, 0.05) is 23.7 Å². The molecule has 6 heteroatoms. The molecule has 2 heterocycles. The number of anilines is 1. The quantitative estimate of drug-likeness (QED) is 0.894. The second kappa shape index (κ2) is 3.87. The largest absolute Gasteiger partial charge is 0.366 e. The molecule has 0 spiro atoms. The number of fused-ring (bicyclic) bond motifs is 1. The lowest BCUT2D eigenvalue weighted by Gasteiger charge is -2.13. The van der Waals surface area contributed by atoms with Crippen LogP contribution in [0.2, 0.25) is 0 Å². The Morgan fingerprint density at radius 3 is 3.00 bits per heavy atom. The van der Waals surface area contributed by atoms with Gasteiger partial charge in [-0.2, -0.15) is 11.8 Å². The fraction of sp³-hybridized carbons (Fsp3) is 0.545. The third kappa shape index (κ3) is 1.86. The van der Waals surface area contributed by atoms with Gasteiger partial charge in [-0.25, -0.2) is 4.98 Å². The smallest absolute Gasteiger partial charge is 0.203 e. The highest BCUT2D eigenvalue weighted by Gasteiger charge is 2.41. The van der Waals surface area contributed by atoms with E-state index in [9.17, 15) is 0 Å². The van der Waals surface area contributed by atoms with Gasteiger partial charge in [-0.1, -0.05) is 0 Å². The van der Waals surface area contributed by atoms with Gasteiger partial charge in [0.05, 0.1) is 0 Å². The van der Waals surface area contributed by atoms with Crippen molar-refractivity contribution in [3.8, 4) is 0 Å². The molecular weight excluding hydrogens is 234 g/mol. The van der Waals surface area contributed by atoms with Gasteiger partial charge < -0.3 is 5.32 Å². The first kappa shape index (κ1) is 10.8. The molecule has 1 aliphatic carbocycles. The number of rotatable bonds is 4. The Labute approximate surface area is 104 Å². The Balaban J connectivity index is 1.85. The molecule has 2 aromatic heterocycles. The van der Waals surface area contributed by atoms with Gasteiger partial charge in [0.15, 0.2) is 5.82 Å². The molecule has 0 bridgehead atoms. The van der Waals surface area contributed by atoms with Crippen molar-refractivity contribution in [1.29, 1.82) is 0 Å². The zero-order chi connectivity index (χ0) is 11.9. The molecule has 90 valence electrons. The highest BCUT2D eigenvalue weighted by molar-refractivity contribution is 8.00. The molecule has 5 nitrogen and oxygen atoms in total. The molecular formula is C11H15N5S. The van der Waals surface area contributed by atoms with Crippen molar-refractivity contribution in [2.24, 2.45) is 0 Å². The van der Waals surface area contributed by atoms with Gasteiger partial charge in [-0.3, -0.25) is 4.40 Å². The molecule has 17 heavy (non-hydrogen) atoms. The lowest BCUT2D eigenvalue weighted by atomic mass is 10.4. The lowest BCUT2D eigenvalue weighted by Crippen LogP contribution is -2.18. The summed E-state index contributed by atoms with van der Waals surface area (Å²) in [6.45, 7) is 2.89. The maximum Gasteiger partial charge on any atom is 0.203 e. The molecule has 0 aliphatic heterocycles. The Hall–Kier alpha value is -1.30. The third-order valence-corrected chi connectivity index (χ3v) is 4.73. The molecule has 3 rings (SSSR count). The van der Waals surface area contributed by atoms with E-state index in [-0.39, 0.29) is 0 Å². The molecule has 0 atom stereocenters. The van der Waals surface area contributed by atoms with E-state index >= 15 is 0 Å². The average Bonchev–Trinajstić information content (AvgIpc) is 3.05. The van der Waals surface area contributed by atoms with Gasteiger partial charge >= 0.3 is 0 Å². The molecule has 1 saturated carbocycles. The van der Waals surface area contributed by atoms with E-state index in [0.717, 1.165) is 23.8 Å². The van der Waals surface area contributed by atoms with Gasteiger partial charge in [0.2, 0.25) is 5.65 Å². The number of aryl methyl sites for hydroxylation is 1. The highest BCUT2D eigenvalue weighted by Crippen LogP contribution is 2.47. The predicted octanol–water partition coefficient (Wildman–Crippen LogP) is 1.74. The van der Waals surface area contributed by atoms with Crippen molar-refractivity contribution in [2.75, 3.05) is 18.1 Å². The van der Waals surface area contributed by atoms with Crippen LogP contribution in [-0.4, -0.2) is 37.1 Å². The van der Waals surface area contributed by atoms with Crippen LogP contribution >= 0.6 is 11.8 Å². The summed E-state index contributed by atoms with van der Waals surface area (Å²) < 4.78 is 2.37. The van der Waals surface area contributed by atoms with Gasteiger partial charge in [-0.05, 0) is 26.0 Å². The van der Waals surface area contributed by atoms with Crippen molar-refractivity contribution < 1.29 is 0 Å². The lowest BCUT2D eigenvalue weighted by molar-refractivity contribution is 0.936. The standard InChI is InChI=1S/C11H15N5S/c1-8-14-15-10-9(12-5-6-16(8)10)13-7-11(17-2)3-4-11/h5-6H,3-4,7H2,1-2H3,(H,12,13). The van der Waals surface area contributed by atoms with Gasteiger partial charge in [0.1, 0.15) is 5.82 Å². The number of nitrogens with one attached hydrogen (secondary N) is 1. The van der Waals surface area contributed by atoms with Crippen LogP contribution in [0.5, 0.6) is 0 Å². The minimum atomic E-state index is 0.420. The first-order valence-electron chi connectivity index (χ1n) is 5.69. The molecule has 1 aliphatic rings. The zero-order valence-corrected chi connectivity index (χ0v) is 10.8. The number of nitrogens with zero attached hydrogens (tertiary/aromatic N) is 4. The Morgan fingerprint density at radius 1 is 1.47 bits per heavy atom. The Kier molecular flexibility index (Phi) is 2.47. The van der Waals surface area contributed by atoms with Crippen LogP contribution in [0.1, 0.15) is 18.7 Å². The number of thioether (sulfide) groups is 1. The van der Waals surface area contributed by atoms with Crippen molar-refractivity contribution in [3.63, 3.8) is 0 Å². The maximum atomic E-state index is 4.34. The highest BCUT2D eigenvalue weighted by atomic mass is 32.2. The predicted molar refractivity (Wildman–Crippen MR) is 69.5 cm³/mol. The fourth-order valence-electron chi connectivity index (χ4n) is 1.90. The summed E-state index contributed by atoms with van der Waals surface area (Å²) in [5.74, 6) is 1.71. The van der Waals surface area contributed by atoms with E-state index in [1.807, 2.05) is 29.3 Å². The molecule has 0 aromatic carbocycles. The van der Waals surface area contributed by atoms with E-state index in [1.165, 1.54) is 12.8 Å². The van der Waals surface area contributed by atoms with Crippen LogP contribution in [-0.2, 0) is 0 Å². The topological polar surface area (TPSA) is 55.1 Å². The first-order valence-corrected chi connectivity index (χ1v) is 6.92. The SMILES string of the molecule is CSC1(CNc2nccn3c(C)nnc23)CC1. The molecule has 0 radical (unpaired) electrons. The molecule has 0 saturated heterocycles. The Morgan fingerprint density at radius 2 is 2.29 bits per heavy atom. The van der Waals surface area contributed by atoms with E-state index in [4.69, 9.17) is 0 Å². The van der Waals surface area contributed by atoms with Crippen LogP contribution < -0.4 is 5.32 Å². The van der Waals surface area contributed by atoms with Gasteiger partial charge in [-0.15, -0.1) is 10.2 Å². The van der Waals surface area contributed by atoms with Crippen molar-refractivity contribution in [3.05, 3.63) is 18.2 Å². The molecule has 0 unspecified atom stereocenters. The first-order chi connectivity index (χ1) is 8.24. The van der Waals surface area contributed by atoms with Crippen LogP contribution in [0.4, 0.5) is 5.82 Å². The maximum absolute atomic E-state index is 4.34. The summed E-state index contributed by atoms with van der Waals surface area (Å²) in [5, 5.41) is 11.6. The van der Waals surface area contributed by atoms with Crippen LogP contribution in [0, 0.1) is 6.92 Å². The second-order valence-electron chi connectivity index (χ2n) is 4.46. The van der Waals surface area contributed by atoms with E-state index in [0.29, 0.717) is 4.75 Å². The summed E-state index contributed by atoms with van der Waals surface area (Å²) in [6.07, 6.45) is 8.41. The van der Waals surface area contributed by atoms with E-state index in [2.05, 4.69) is 26.8 Å². The fourth-order valence-corrected chi connectivity index (χ4v) is 2.63. The second-order valence-corrected chi connectivity index (χ2v) is 5.73. The summed E-state index contributed by atoms with van der Waals surface area (Å²) in [4.78, 5) is 4.34. The number of hydrogen-bond acceptors (Lipinski definition) is 5. The summed E-state index contributed by atoms with van der Waals surface area (Å²) in [5.41, 5.74) is 0.807.